The molecule has 0 atom stereocenters. The van der Waals surface area contributed by atoms with Crippen LogP contribution in [0.5, 0.6) is 0 Å². The minimum Gasteiger partial charge on any atom is -0.395 e. The minimum atomic E-state index is -4.13. The van der Waals surface area contributed by atoms with Crippen LogP contribution >= 0.6 is 0 Å². The molecule has 0 saturated carbocycles. The second-order valence-electron chi connectivity index (χ2n) is 5.08. The molecule has 2 rings (SSSR count). The van der Waals surface area contributed by atoms with Crippen molar-refractivity contribution in [2.24, 2.45) is 0 Å². The van der Waals surface area contributed by atoms with E-state index < -0.39 is 12.7 Å². The van der Waals surface area contributed by atoms with Gasteiger partial charge in [0.25, 0.3) is 0 Å². The molecule has 1 aliphatic heterocycles. The summed E-state index contributed by atoms with van der Waals surface area (Å²) in [4.78, 5) is 1.44. The van der Waals surface area contributed by atoms with Crippen molar-refractivity contribution >= 4 is 0 Å². The first-order valence-electron chi connectivity index (χ1n) is 6.69. The fraction of sp³-hybridized carbons (Fsp3) is 0.571. The topological polar surface area (TPSA) is 35.5 Å². The molecule has 0 bridgehead atoms. The number of aliphatic hydroxyl groups is 1. The lowest BCUT2D eigenvalue weighted by molar-refractivity contribution is -0.147. The van der Waals surface area contributed by atoms with Crippen molar-refractivity contribution in [1.29, 1.82) is 0 Å². The smallest absolute Gasteiger partial charge is 0.395 e. The standard InChI is InChI=1S/C14H19F3N2O/c15-14(16,17)10-19-5-3-12-7-11(8-18-4-6-20)1-2-13(12)9-19/h1-2,7,18,20H,3-6,8-10H2. The second-order valence-corrected chi connectivity index (χ2v) is 5.08. The Kier molecular flexibility index (Phi) is 5.01. The van der Waals surface area contributed by atoms with Crippen LogP contribution in [-0.4, -0.2) is 42.4 Å². The fourth-order valence-electron chi connectivity index (χ4n) is 2.48. The molecule has 0 aliphatic carbocycles. The fourth-order valence-corrected chi connectivity index (χ4v) is 2.48. The SMILES string of the molecule is OCCNCc1ccc2c(c1)CCN(CC(F)(F)F)C2. The summed E-state index contributed by atoms with van der Waals surface area (Å²) >= 11 is 0. The molecule has 2 N–H and O–H groups in total. The minimum absolute atomic E-state index is 0.0946. The van der Waals surface area contributed by atoms with Crippen molar-refractivity contribution in [2.75, 3.05) is 26.2 Å². The molecule has 0 fully saturated rings. The molecule has 3 nitrogen and oxygen atoms in total. The van der Waals surface area contributed by atoms with Crippen LogP contribution in [0.15, 0.2) is 18.2 Å². The summed E-state index contributed by atoms with van der Waals surface area (Å²) in [5.41, 5.74) is 3.21. The highest BCUT2D eigenvalue weighted by molar-refractivity contribution is 5.33. The van der Waals surface area contributed by atoms with Gasteiger partial charge in [0.1, 0.15) is 0 Å². The summed E-state index contributed by atoms with van der Waals surface area (Å²) < 4.78 is 37.1. The summed E-state index contributed by atoms with van der Waals surface area (Å²) in [6.45, 7) is 1.26. The van der Waals surface area contributed by atoms with Crippen molar-refractivity contribution in [3.05, 3.63) is 34.9 Å². The maximum Gasteiger partial charge on any atom is 0.401 e. The van der Waals surface area contributed by atoms with Crippen molar-refractivity contribution in [3.8, 4) is 0 Å². The normalized spacial score (nSPS) is 16.2. The summed E-state index contributed by atoms with van der Waals surface area (Å²) in [6.07, 6.45) is -3.48. The lowest BCUT2D eigenvalue weighted by Gasteiger charge is -2.29. The van der Waals surface area contributed by atoms with Crippen LogP contribution in [0.25, 0.3) is 0 Å². The molecule has 1 heterocycles. The summed E-state index contributed by atoms with van der Waals surface area (Å²) in [5.74, 6) is 0. The van der Waals surface area contributed by atoms with E-state index in [2.05, 4.69) is 5.32 Å². The Morgan fingerprint density at radius 2 is 2.05 bits per heavy atom. The zero-order chi connectivity index (χ0) is 14.6. The molecule has 0 radical (unpaired) electrons. The molecule has 1 aromatic carbocycles. The van der Waals surface area contributed by atoms with Crippen molar-refractivity contribution in [3.63, 3.8) is 0 Å². The second kappa shape index (κ2) is 6.56. The largest absolute Gasteiger partial charge is 0.401 e. The third-order valence-corrected chi connectivity index (χ3v) is 3.38. The van der Waals surface area contributed by atoms with Gasteiger partial charge >= 0.3 is 6.18 Å². The van der Waals surface area contributed by atoms with Gasteiger partial charge in [0.2, 0.25) is 0 Å². The number of fused-ring (bicyclic) bond motifs is 1. The van der Waals surface area contributed by atoms with Gasteiger partial charge in [0, 0.05) is 26.2 Å². The van der Waals surface area contributed by atoms with Gasteiger partial charge < -0.3 is 10.4 Å². The monoisotopic (exact) mass is 288 g/mol. The predicted molar refractivity (Wildman–Crippen MR) is 70.3 cm³/mol. The molecule has 0 unspecified atom stereocenters. The Morgan fingerprint density at radius 1 is 1.25 bits per heavy atom. The maximum atomic E-state index is 12.4. The van der Waals surface area contributed by atoms with Gasteiger partial charge in [-0.25, -0.2) is 0 Å². The number of hydrogen-bond acceptors (Lipinski definition) is 3. The third kappa shape index (κ3) is 4.47. The number of hydrogen-bond donors (Lipinski definition) is 2. The molecule has 1 aliphatic rings. The van der Waals surface area contributed by atoms with E-state index in [0.29, 0.717) is 32.6 Å². The Hall–Kier alpha value is -1.11. The molecule has 6 heteroatoms. The van der Waals surface area contributed by atoms with Crippen molar-refractivity contribution in [2.45, 2.75) is 25.7 Å². The van der Waals surface area contributed by atoms with E-state index in [-0.39, 0.29) is 6.61 Å². The quantitative estimate of drug-likeness (QED) is 0.809. The Balaban J connectivity index is 1.96. The van der Waals surface area contributed by atoms with Crippen LogP contribution in [0.4, 0.5) is 13.2 Å². The summed E-state index contributed by atoms with van der Waals surface area (Å²) in [5, 5.41) is 11.8. The highest BCUT2D eigenvalue weighted by Crippen LogP contribution is 2.24. The van der Waals surface area contributed by atoms with E-state index in [1.54, 1.807) is 0 Å². The first-order valence-corrected chi connectivity index (χ1v) is 6.69. The van der Waals surface area contributed by atoms with Crippen LogP contribution in [0.2, 0.25) is 0 Å². The van der Waals surface area contributed by atoms with Gasteiger partial charge in [-0.2, -0.15) is 13.2 Å². The van der Waals surface area contributed by atoms with Crippen LogP contribution in [-0.2, 0) is 19.5 Å². The molecule has 0 amide bonds. The molecule has 0 saturated heterocycles. The van der Waals surface area contributed by atoms with Crippen LogP contribution in [0, 0.1) is 0 Å². The number of alkyl halides is 3. The average Bonchev–Trinajstić information content (AvgIpc) is 2.37. The molecule has 112 valence electrons. The highest BCUT2D eigenvalue weighted by Gasteiger charge is 2.32. The zero-order valence-electron chi connectivity index (χ0n) is 11.2. The molecule has 0 aromatic heterocycles. The first kappa shape index (κ1) is 15.3. The van der Waals surface area contributed by atoms with E-state index in [4.69, 9.17) is 5.11 Å². The number of nitrogens with zero attached hydrogens (tertiary/aromatic N) is 1. The number of aliphatic hydroxyl groups excluding tert-OH is 1. The average molecular weight is 288 g/mol. The van der Waals surface area contributed by atoms with Crippen molar-refractivity contribution < 1.29 is 18.3 Å². The van der Waals surface area contributed by atoms with Gasteiger partial charge in [-0.05, 0) is 23.1 Å². The lowest BCUT2D eigenvalue weighted by Crippen LogP contribution is -2.38. The summed E-state index contributed by atoms with van der Waals surface area (Å²) in [7, 11) is 0. The first-order chi connectivity index (χ1) is 9.48. The molecular weight excluding hydrogens is 269 g/mol. The Morgan fingerprint density at radius 3 is 2.75 bits per heavy atom. The van der Waals surface area contributed by atoms with E-state index in [1.807, 2.05) is 18.2 Å². The van der Waals surface area contributed by atoms with Crippen LogP contribution in [0.1, 0.15) is 16.7 Å². The van der Waals surface area contributed by atoms with Gasteiger partial charge in [-0.15, -0.1) is 0 Å². The van der Waals surface area contributed by atoms with Gasteiger partial charge in [-0.1, -0.05) is 18.2 Å². The predicted octanol–water partition coefficient (Wildman–Crippen LogP) is 1.69. The number of benzene rings is 1. The molecule has 1 aromatic rings. The lowest BCUT2D eigenvalue weighted by atomic mass is 9.97. The number of nitrogens with one attached hydrogen (secondary N) is 1. The molecule has 0 spiro atoms. The van der Waals surface area contributed by atoms with Gasteiger partial charge in [-0.3, -0.25) is 4.90 Å². The van der Waals surface area contributed by atoms with Gasteiger partial charge in [0.05, 0.1) is 13.2 Å². The third-order valence-electron chi connectivity index (χ3n) is 3.38. The van der Waals surface area contributed by atoms with Crippen LogP contribution in [0.3, 0.4) is 0 Å². The molecule has 20 heavy (non-hydrogen) atoms. The maximum absolute atomic E-state index is 12.4. The highest BCUT2D eigenvalue weighted by atomic mass is 19.4. The van der Waals surface area contributed by atoms with E-state index in [0.717, 1.165) is 16.7 Å². The number of halogens is 3. The van der Waals surface area contributed by atoms with E-state index in [9.17, 15) is 13.2 Å². The van der Waals surface area contributed by atoms with Gasteiger partial charge in [0.15, 0.2) is 0 Å². The Labute approximate surface area is 116 Å². The van der Waals surface area contributed by atoms with Crippen LogP contribution < -0.4 is 5.32 Å². The zero-order valence-corrected chi connectivity index (χ0v) is 11.2. The molecular formula is C14H19F3N2O. The van der Waals surface area contributed by atoms with E-state index >= 15 is 0 Å². The Bertz CT molecular complexity index is 449. The van der Waals surface area contributed by atoms with E-state index in [1.165, 1.54) is 4.90 Å². The van der Waals surface area contributed by atoms with Crippen molar-refractivity contribution in [1.82, 2.24) is 10.2 Å². The number of rotatable bonds is 5. The summed E-state index contributed by atoms with van der Waals surface area (Å²) in [6, 6.07) is 5.89.